The third-order valence-electron chi connectivity index (χ3n) is 2.24. The van der Waals surface area contributed by atoms with Gasteiger partial charge in [0.25, 0.3) is 0 Å². The van der Waals surface area contributed by atoms with Gasteiger partial charge in [-0.05, 0) is 18.6 Å². The average molecular weight is 148 g/mol. The number of nitrogens with two attached hydrogens (primary N) is 1. The molecule has 1 aromatic rings. The Kier molecular flexibility index (Phi) is 1.36. The lowest BCUT2D eigenvalue weighted by atomic mass is 10.1. The second kappa shape index (κ2) is 2.24. The molecule has 0 amide bonds. The fraction of sp³-hybridized carbons (Fsp3) is 0.333. The van der Waals surface area contributed by atoms with Crippen molar-refractivity contribution in [1.82, 2.24) is 0 Å². The molecule has 1 aliphatic heterocycles. The molecule has 2 heteroatoms. The van der Waals surface area contributed by atoms with Crippen molar-refractivity contribution >= 4 is 5.69 Å². The highest BCUT2D eigenvalue weighted by atomic mass is 15.0. The van der Waals surface area contributed by atoms with E-state index in [1.165, 1.54) is 11.3 Å². The predicted molar refractivity (Wildman–Crippen MR) is 46.5 cm³/mol. The summed E-state index contributed by atoms with van der Waals surface area (Å²) in [7, 11) is 0. The molecule has 1 heterocycles. The summed E-state index contributed by atoms with van der Waals surface area (Å²) >= 11 is 0. The average Bonchev–Trinajstić information content (AvgIpc) is 2.30. The Hall–Kier alpha value is -1.02. The van der Waals surface area contributed by atoms with Crippen LogP contribution >= 0.6 is 0 Å². The normalized spacial score (nSPS) is 27.8. The van der Waals surface area contributed by atoms with Crippen molar-refractivity contribution in [3.8, 4) is 0 Å². The number of fused-ring (bicyclic) bond motifs is 1. The van der Waals surface area contributed by atoms with Crippen molar-refractivity contribution in [2.75, 3.05) is 5.32 Å². The quantitative estimate of drug-likeness (QED) is 0.585. The molecule has 0 saturated carbocycles. The van der Waals surface area contributed by atoms with E-state index in [9.17, 15) is 0 Å². The summed E-state index contributed by atoms with van der Waals surface area (Å²) in [5.74, 6) is 0. The van der Waals surface area contributed by atoms with Crippen LogP contribution in [0.2, 0.25) is 0 Å². The first-order valence-corrected chi connectivity index (χ1v) is 3.90. The predicted octanol–water partition coefficient (Wildman–Crippen LogP) is 1.50. The molecule has 1 aliphatic rings. The molecule has 1 aromatic carbocycles. The fourth-order valence-electron chi connectivity index (χ4n) is 1.52. The summed E-state index contributed by atoms with van der Waals surface area (Å²) in [5.41, 5.74) is 8.35. The van der Waals surface area contributed by atoms with E-state index >= 15 is 0 Å². The number of hydrogen-bond acceptors (Lipinski definition) is 2. The topological polar surface area (TPSA) is 38.0 Å². The SMILES string of the molecule is CC1Nc2ccccc2C1N. The molecule has 0 aromatic heterocycles. The Morgan fingerprint density at radius 2 is 2.09 bits per heavy atom. The minimum atomic E-state index is 0.159. The van der Waals surface area contributed by atoms with Gasteiger partial charge in [0.2, 0.25) is 0 Å². The maximum absolute atomic E-state index is 5.93. The number of nitrogens with one attached hydrogen (secondary N) is 1. The van der Waals surface area contributed by atoms with Crippen LogP contribution in [0.4, 0.5) is 5.69 Å². The van der Waals surface area contributed by atoms with Crippen LogP contribution in [0.25, 0.3) is 0 Å². The van der Waals surface area contributed by atoms with Gasteiger partial charge in [0.1, 0.15) is 0 Å². The molecule has 2 atom stereocenters. The molecule has 0 radical (unpaired) electrons. The third-order valence-corrected chi connectivity index (χ3v) is 2.24. The van der Waals surface area contributed by atoms with E-state index in [0.29, 0.717) is 6.04 Å². The lowest BCUT2D eigenvalue weighted by Gasteiger charge is -2.08. The van der Waals surface area contributed by atoms with Crippen molar-refractivity contribution in [1.29, 1.82) is 0 Å². The van der Waals surface area contributed by atoms with Crippen molar-refractivity contribution in [2.45, 2.75) is 19.0 Å². The van der Waals surface area contributed by atoms with Gasteiger partial charge in [0.05, 0.1) is 6.04 Å². The molecule has 0 spiro atoms. The molecule has 3 N–H and O–H groups in total. The van der Waals surface area contributed by atoms with Crippen molar-refractivity contribution in [2.24, 2.45) is 5.73 Å². The lowest BCUT2D eigenvalue weighted by molar-refractivity contribution is 0.661. The van der Waals surface area contributed by atoms with Crippen LogP contribution < -0.4 is 11.1 Å². The summed E-state index contributed by atoms with van der Waals surface area (Å²) in [4.78, 5) is 0. The van der Waals surface area contributed by atoms with Gasteiger partial charge in [-0.15, -0.1) is 0 Å². The van der Waals surface area contributed by atoms with E-state index < -0.39 is 0 Å². The Morgan fingerprint density at radius 1 is 1.36 bits per heavy atom. The minimum absolute atomic E-state index is 0.159. The third kappa shape index (κ3) is 0.906. The van der Waals surface area contributed by atoms with E-state index in [1.807, 2.05) is 12.1 Å². The van der Waals surface area contributed by atoms with Crippen molar-refractivity contribution in [3.05, 3.63) is 29.8 Å². The van der Waals surface area contributed by atoms with E-state index in [2.05, 4.69) is 24.4 Å². The van der Waals surface area contributed by atoms with Gasteiger partial charge >= 0.3 is 0 Å². The molecule has 0 bridgehead atoms. The standard InChI is InChI=1S/C9H12N2/c1-6-9(10)7-4-2-3-5-8(7)11-6/h2-6,9,11H,10H2,1H3. The molecule has 58 valence electrons. The second-order valence-corrected chi connectivity index (χ2v) is 3.05. The van der Waals surface area contributed by atoms with E-state index in [1.54, 1.807) is 0 Å². The van der Waals surface area contributed by atoms with Gasteiger partial charge in [0.15, 0.2) is 0 Å². The molecule has 0 saturated heterocycles. The van der Waals surface area contributed by atoms with E-state index in [0.717, 1.165) is 0 Å². The lowest BCUT2D eigenvalue weighted by Crippen LogP contribution is -2.22. The van der Waals surface area contributed by atoms with Crippen LogP contribution in [0.15, 0.2) is 24.3 Å². The number of para-hydroxylation sites is 1. The Bertz CT molecular complexity index is 270. The second-order valence-electron chi connectivity index (χ2n) is 3.05. The first-order valence-electron chi connectivity index (χ1n) is 3.90. The monoisotopic (exact) mass is 148 g/mol. The molecular weight excluding hydrogens is 136 g/mol. The van der Waals surface area contributed by atoms with Gasteiger partial charge in [0, 0.05) is 11.7 Å². The van der Waals surface area contributed by atoms with Crippen LogP contribution in [0.3, 0.4) is 0 Å². The van der Waals surface area contributed by atoms with Crippen LogP contribution in [-0.2, 0) is 0 Å². The number of benzene rings is 1. The van der Waals surface area contributed by atoms with Gasteiger partial charge in [-0.25, -0.2) is 0 Å². The Morgan fingerprint density at radius 3 is 2.82 bits per heavy atom. The minimum Gasteiger partial charge on any atom is -0.380 e. The summed E-state index contributed by atoms with van der Waals surface area (Å²) in [5, 5.41) is 3.32. The zero-order valence-electron chi connectivity index (χ0n) is 6.54. The van der Waals surface area contributed by atoms with Crippen LogP contribution in [0, 0.1) is 0 Å². The highest BCUT2D eigenvalue weighted by molar-refractivity contribution is 5.58. The van der Waals surface area contributed by atoms with Gasteiger partial charge < -0.3 is 11.1 Å². The van der Waals surface area contributed by atoms with Gasteiger partial charge in [-0.2, -0.15) is 0 Å². The largest absolute Gasteiger partial charge is 0.380 e. The molecule has 2 nitrogen and oxygen atoms in total. The smallest absolute Gasteiger partial charge is 0.0517 e. The highest BCUT2D eigenvalue weighted by Gasteiger charge is 2.24. The summed E-state index contributed by atoms with van der Waals surface area (Å²) in [6.07, 6.45) is 0. The van der Waals surface area contributed by atoms with Crippen molar-refractivity contribution in [3.63, 3.8) is 0 Å². The van der Waals surface area contributed by atoms with Gasteiger partial charge in [-0.3, -0.25) is 0 Å². The van der Waals surface area contributed by atoms with Crippen LogP contribution in [-0.4, -0.2) is 6.04 Å². The zero-order chi connectivity index (χ0) is 7.84. The fourth-order valence-corrected chi connectivity index (χ4v) is 1.52. The Balaban J connectivity index is 2.47. The number of hydrogen-bond donors (Lipinski definition) is 2. The summed E-state index contributed by atoms with van der Waals surface area (Å²) < 4.78 is 0. The molecular formula is C9H12N2. The van der Waals surface area contributed by atoms with E-state index in [-0.39, 0.29) is 6.04 Å². The zero-order valence-corrected chi connectivity index (χ0v) is 6.54. The summed E-state index contributed by atoms with van der Waals surface area (Å²) in [6, 6.07) is 8.73. The van der Waals surface area contributed by atoms with Crippen LogP contribution in [0.5, 0.6) is 0 Å². The number of rotatable bonds is 0. The maximum Gasteiger partial charge on any atom is 0.0517 e. The molecule has 2 rings (SSSR count). The summed E-state index contributed by atoms with van der Waals surface area (Å²) in [6.45, 7) is 2.10. The molecule has 0 aliphatic carbocycles. The number of anilines is 1. The molecule has 0 fully saturated rings. The maximum atomic E-state index is 5.93. The van der Waals surface area contributed by atoms with E-state index in [4.69, 9.17) is 5.73 Å². The molecule has 11 heavy (non-hydrogen) atoms. The van der Waals surface area contributed by atoms with Crippen molar-refractivity contribution < 1.29 is 0 Å². The Labute approximate surface area is 66.4 Å². The molecule has 2 unspecified atom stereocenters. The van der Waals surface area contributed by atoms with Crippen LogP contribution in [0.1, 0.15) is 18.5 Å². The first kappa shape index (κ1) is 6.68. The first-order chi connectivity index (χ1) is 5.29. The highest BCUT2D eigenvalue weighted by Crippen LogP contribution is 2.31. The van der Waals surface area contributed by atoms with Gasteiger partial charge in [-0.1, -0.05) is 18.2 Å².